The highest BCUT2D eigenvalue weighted by Gasteiger charge is 2.38. The number of carbonyl (C=O) groups is 1. The van der Waals surface area contributed by atoms with Gasteiger partial charge in [-0.25, -0.2) is 13.4 Å². The molecule has 1 aromatic heterocycles. The summed E-state index contributed by atoms with van der Waals surface area (Å²) in [7, 11) is -3.45. The molecule has 0 radical (unpaired) electrons. The maximum atomic E-state index is 11.7. The minimum absolute atomic E-state index is 0.123. The second-order valence-electron chi connectivity index (χ2n) is 3.90. The average molecular weight is 246 g/mol. The van der Waals surface area contributed by atoms with Gasteiger partial charge >= 0.3 is 0 Å². The van der Waals surface area contributed by atoms with Crippen molar-refractivity contribution in [3.05, 3.63) is 12.2 Å². The maximum absolute atomic E-state index is 11.7. The predicted octanol–water partition coefficient (Wildman–Crippen LogP) is -0.756. The molecule has 0 unspecified atom stereocenters. The fourth-order valence-corrected chi connectivity index (χ4v) is 1.27. The number of nitrogens with zero attached hydrogens (tertiary/aromatic N) is 2. The fourth-order valence-electron chi connectivity index (χ4n) is 0.861. The Labute approximate surface area is 93.6 Å². The quantitative estimate of drug-likeness (QED) is 0.727. The summed E-state index contributed by atoms with van der Waals surface area (Å²) >= 11 is 0. The Morgan fingerprint density at radius 1 is 1.56 bits per heavy atom. The lowest BCUT2D eigenvalue weighted by Gasteiger charge is -2.20. The first-order valence-electron chi connectivity index (χ1n) is 4.57. The Morgan fingerprint density at radius 3 is 2.62 bits per heavy atom. The van der Waals surface area contributed by atoms with Crippen molar-refractivity contribution in [1.82, 2.24) is 20.5 Å². The van der Waals surface area contributed by atoms with E-state index in [1.165, 1.54) is 20.2 Å². The highest BCUT2D eigenvalue weighted by atomic mass is 32.2. The Bertz CT molecular complexity index is 463. The smallest absolute Gasteiger partial charge is 0.241 e. The third kappa shape index (κ3) is 2.57. The molecule has 0 fully saturated rings. The molecule has 0 aliphatic rings. The number of rotatable bonds is 4. The van der Waals surface area contributed by atoms with Crippen LogP contribution in [0.4, 0.5) is 0 Å². The molecule has 1 amide bonds. The van der Waals surface area contributed by atoms with Crippen molar-refractivity contribution >= 4 is 15.7 Å². The van der Waals surface area contributed by atoms with Gasteiger partial charge < -0.3 is 5.32 Å². The van der Waals surface area contributed by atoms with Gasteiger partial charge in [-0.15, -0.1) is 0 Å². The number of carbonyl (C=O) groups excluding carboxylic acids is 1. The van der Waals surface area contributed by atoms with Crippen molar-refractivity contribution in [2.45, 2.75) is 25.1 Å². The van der Waals surface area contributed by atoms with E-state index in [-0.39, 0.29) is 6.54 Å². The molecule has 0 bridgehead atoms. The summed E-state index contributed by atoms with van der Waals surface area (Å²) in [6, 6.07) is 0. The molecule has 0 aliphatic heterocycles. The first-order chi connectivity index (χ1) is 7.25. The van der Waals surface area contributed by atoms with Crippen LogP contribution in [0, 0.1) is 0 Å². The van der Waals surface area contributed by atoms with Crippen molar-refractivity contribution in [2.24, 2.45) is 0 Å². The molecular weight excluding hydrogens is 232 g/mol. The number of sulfone groups is 1. The molecule has 0 aliphatic carbocycles. The van der Waals surface area contributed by atoms with Crippen LogP contribution in [0.25, 0.3) is 0 Å². The van der Waals surface area contributed by atoms with Gasteiger partial charge in [0.2, 0.25) is 5.91 Å². The Balaban J connectivity index is 2.66. The minimum atomic E-state index is -3.45. The van der Waals surface area contributed by atoms with Gasteiger partial charge in [0.1, 0.15) is 16.9 Å². The fraction of sp³-hybridized carbons (Fsp3) is 0.625. The monoisotopic (exact) mass is 246 g/mol. The van der Waals surface area contributed by atoms with Gasteiger partial charge in [-0.05, 0) is 13.8 Å². The number of H-pyrrole nitrogens is 1. The summed E-state index contributed by atoms with van der Waals surface area (Å²) in [5.41, 5.74) is 0. The van der Waals surface area contributed by atoms with E-state index < -0.39 is 20.5 Å². The van der Waals surface area contributed by atoms with E-state index in [4.69, 9.17) is 0 Å². The average Bonchev–Trinajstić information content (AvgIpc) is 2.64. The van der Waals surface area contributed by atoms with Crippen LogP contribution < -0.4 is 5.32 Å². The van der Waals surface area contributed by atoms with Crippen LogP contribution in [0.15, 0.2) is 6.33 Å². The summed E-state index contributed by atoms with van der Waals surface area (Å²) < 4.78 is 21.3. The second-order valence-corrected chi connectivity index (χ2v) is 6.46. The van der Waals surface area contributed by atoms with Gasteiger partial charge in [0.15, 0.2) is 9.84 Å². The van der Waals surface area contributed by atoms with Crippen LogP contribution in [-0.4, -0.2) is 40.5 Å². The second kappa shape index (κ2) is 4.20. The molecule has 8 heteroatoms. The van der Waals surface area contributed by atoms with E-state index in [9.17, 15) is 13.2 Å². The molecule has 0 aromatic carbocycles. The molecule has 0 saturated carbocycles. The predicted molar refractivity (Wildman–Crippen MR) is 57.2 cm³/mol. The van der Waals surface area contributed by atoms with Gasteiger partial charge in [-0.3, -0.25) is 9.89 Å². The number of hydrogen-bond donors (Lipinski definition) is 2. The largest absolute Gasteiger partial charge is 0.347 e. The molecule has 1 heterocycles. The minimum Gasteiger partial charge on any atom is -0.347 e. The summed E-state index contributed by atoms with van der Waals surface area (Å²) in [4.78, 5) is 15.5. The van der Waals surface area contributed by atoms with Crippen molar-refractivity contribution < 1.29 is 13.2 Å². The molecule has 2 N–H and O–H groups in total. The number of amides is 1. The molecule has 0 atom stereocenters. The molecule has 90 valence electrons. The van der Waals surface area contributed by atoms with Gasteiger partial charge in [-0.1, -0.05) is 0 Å². The summed E-state index contributed by atoms with van der Waals surface area (Å²) in [5, 5.41) is 8.64. The van der Waals surface area contributed by atoms with E-state index in [1.54, 1.807) is 0 Å². The van der Waals surface area contributed by atoms with E-state index in [2.05, 4.69) is 20.5 Å². The summed E-state index contributed by atoms with van der Waals surface area (Å²) in [6.45, 7) is 2.84. The van der Waals surface area contributed by atoms with Gasteiger partial charge in [0, 0.05) is 6.26 Å². The van der Waals surface area contributed by atoms with E-state index in [0.29, 0.717) is 5.82 Å². The molecule has 1 aromatic rings. The third-order valence-electron chi connectivity index (χ3n) is 2.36. The number of nitrogens with one attached hydrogen (secondary N) is 2. The maximum Gasteiger partial charge on any atom is 0.241 e. The lowest BCUT2D eigenvalue weighted by atomic mass is 10.2. The number of aromatic amines is 1. The van der Waals surface area contributed by atoms with Crippen LogP contribution in [0.1, 0.15) is 19.7 Å². The van der Waals surface area contributed by atoms with Crippen molar-refractivity contribution in [3.63, 3.8) is 0 Å². The van der Waals surface area contributed by atoms with Gasteiger partial charge in [0.25, 0.3) is 0 Å². The molecule has 0 saturated heterocycles. The SMILES string of the molecule is CC(C)(C(=O)NCc1ncn[nH]1)S(C)(=O)=O. The van der Waals surface area contributed by atoms with Crippen LogP contribution >= 0.6 is 0 Å². The zero-order valence-corrected chi connectivity index (χ0v) is 10.1. The van der Waals surface area contributed by atoms with Crippen LogP contribution in [0.3, 0.4) is 0 Å². The molecule has 0 spiro atoms. The number of hydrogen-bond acceptors (Lipinski definition) is 5. The number of aromatic nitrogens is 3. The van der Waals surface area contributed by atoms with Crippen molar-refractivity contribution in [1.29, 1.82) is 0 Å². The van der Waals surface area contributed by atoms with E-state index >= 15 is 0 Å². The molecule has 16 heavy (non-hydrogen) atoms. The summed E-state index contributed by atoms with van der Waals surface area (Å²) in [6.07, 6.45) is 2.34. The topological polar surface area (TPSA) is 105 Å². The Kier molecular flexibility index (Phi) is 3.32. The van der Waals surface area contributed by atoms with Gasteiger partial charge in [-0.2, -0.15) is 5.10 Å². The molecule has 7 nitrogen and oxygen atoms in total. The first-order valence-corrected chi connectivity index (χ1v) is 6.46. The zero-order chi connectivity index (χ0) is 12.4. The van der Waals surface area contributed by atoms with Crippen molar-refractivity contribution in [2.75, 3.05) is 6.26 Å². The van der Waals surface area contributed by atoms with E-state index in [1.807, 2.05) is 0 Å². The van der Waals surface area contributed by atoms with Crippen LogP contribution in [0.2, 0.25) is 0 Å². The van der Waals surface area contributed by atoms with Gasteiger partial charge in [0.05, 0.1) is 6.54 Å². The highest BCUT2D eigenvalue weighted by Crippen LogP contribution is 2.14. The Morgan fingerprint density at radius 2 is 2.19 bits per heavy atom. The normalized spacial score (nSPS) is 12.4. The molecule has 1 rings (SSSR count). The highest BCUT2D eigenvalue weighted by molar-refractivity contribution is 7.92. The van der Waals surface area contributed by atoms with E-state index in [0.717, 1.165) is 6.26 Å². The van der Waals surface area contributed by atoms with Crippen LogP contribution in [-0.2, 0) is 21.2 Å². The zero-order valence-electron chi connectivity index (χ0n) is 9.31. The standard InChI is InChI=1S/C8H14N4O3S/c1-8(2,16(3,14)15)7(13)9-4-6-10-5-11-12-6/h5H,4H2,1-3H3,(H,9,13)(H,10,11,12). The molecular formula is C8H14N4O3S. The third-order valence-corrected chi connectivity index (χ3v) is 4.39. The Hall–Kier alpha value is -1.44. The first kappa shape index (κ1) is 12.6. The lowest BCUT2D eigenvalue weighted by molar-refractivity contribution is -0.123. The summed E-state index contributed by atoms with van der Waals surface area (Å²) in [5.74, 6) is -0.0935. The van der Waals surface area contributed by atoms with Crippen LogP contribution in [0.5, 0.6) is 0 Å². The lowest BCUT2D eigenvalue weighted by Crippen LogP contribution is -2.47. The van der Waals surface area contributed by atoms with Crippen molar-refractivity contribution in [3.8, 4) is 0 Å².